The van der Waals surface area contributed by atoms with Gasteiger partial charge in [-0.05, 0) is 24.7 Å². The van der Waals surface area contributed by atoms with Crippen LogP contribution in [0.25, 0.3) is 0 Å². The lowest BCUT2D eigenvalue weighted by molar-refractivity contribution is -0.116. The molecule has 24 heavy (non-hydrogen) atoms. The number of rotatable bonds is 3. The highest BCUT2D eigenvalue weighted by Gasteiger charge is 2.37. The van der Waals surface area contributed by atoms with E-state index in [4.69, 9.17) is 0 Å². The molecule has 0 radical (unpaired) electrons. The van der Waals surface area contributed by atoms with Gasteiger partial charge in [0.1, 0.15) is 11.9 Å². The Morgan fingerprint density at radius 3 is 3.00 bits per heavy atom. The molecule has 1 aromatic heterocycles. The number of fused-ring (bicyclic) bond motifs is 1. The highest BCUT2D eigenvalue weighted by Crippen LogP contribution is 2.41. The Hall–Kier alpha value is -2.15. The Balaban J connectivity index is 1.91. The number of hydrogen-bond acceptors (Lipinski definition) is 5. The van der Waals surface area contributed by atoms with E-state index in [0.29, 0.717) is 28.7 Å². The van der Waals surface area contributed by atoms with Crippen molar-refractivity contribution in [2.75, 3.05) is 11.1 Å². The zero-order chi connectivity index (χ0) is 16.7. The van der Waals surface area contributed by atoms with Gasteiger partial charge in [-0.15, -0.1) is 5.10 Å². The number of benzene rings is 1. The van der Waals surface area contributed by atoms with Crippen LogP contribution in [-0.4, -0.2) is 26.3 Å². The van der Waals surface area contributed by atoms with E-state index in [1.165, 1.54) is 17.8 Å². The predicted molar refractivity (Wildman–Crippen MR) is 90.5 cm³/mol. The maximum atomic E-state index is 14.5. The minimum Gasteiger partial charge on any atom is -0.328 e. The molecule has 1 aliphatic heterocycles. The first kappa shape index (κ1) is 15.4. The molecular formula is C17H17FN4OS. The van der Waals surface area contributed by atoms with Crippen molar-refractivity contribution in [3.05, 3.63) is 46.9 Å². The van der Waals surface area contributed by atoms with Gasteiger partial charge < -0.3 is 5.32 Å². The molecule has 0 bridgehead atoms. The third-order valence-electron chi connectivity index (χ3n) is 4.32. The summed E-state index contributed by atoms with van der Waals surface area (Å²) in [5.41, 5.74) is 1.94. The Morgan fingerprint density at radius 1 is 1.38 bits per heavy atom. The number of Topliss-reactive ketones (excluding diaryl/α,β-unsaturated/α-hetero) is 1. The van der Waals surface area contributed by atoms with Crippen molar-refractivity contribution in [3.8, 4) is 0 Å². The molecule has 124 valence electrons. The van der Waals surface area contributed by atoms with E-state index >= 15 is 0 Å². The molecule has 0 saturated heterocycles. The lowest BCUT2D eigenvalue weighted by atomic mass is 9.85. The fourth-order valence-electron chi connectivity index (χ4n) is 3.31. The zero-order valence-electron chi connectivity index (χ0n) is 13.3. The first-order chi connectivity index (χ1) is 11.7. The highest BCUT2D eigenvalue weighted by atomic mass is 32.2. The molecule has 2 heterocycles. The van der Waals surface area contributed by atoms with Gasteiger partial charge in [0.15, 0.2) is 5.78 Å². The number of ketones is 1. The van der Waals surface area contributed by atoms with E-state index in [1.54, 1.807) is 22.9 Å². The molecule has 0 amide bonds. The van der Waals surface area contributed by atoms with Crippen LogP contribution in [0, 0.1) is 5.82 Å². The summed E-state index contributed by atoms with van der Waals surface area (Å²) in [6.45, 7) is 2.03. The van der Waals surface area contributed by atoms with Gasteiger partial charge in [0.05, 0.1) is 0 Å². The van der Waals surface area contributed by atoms with Gasteiger partial charge in [-0.3, -0.25) is 4.79 Å². The second-order valence-corrected chi connectivity index (χ2v) is 7.04. The van der Waals surface area contributed by atoms with Crippen LogP contribution in [0.2, 0.25) is 0 Å². The third kappa shape index (κ3) is 2.43. The number of allylic oxidation sites excluding steroid dienone is 2. The fraction of sp³-hybridized carbons (Fsp3) is 0.353. The van der Waals surface area contributed by atoms with Crippen LogP contribution in [0.4, 0.5) is 10.3 Å². The summed E-state index contributed by atoms with van der Waals surface area (Å²) in [5.74, 6) is 1.15. The number of carbonyl (C=O) groups excluding carboxylic acids is 1. The maximum Gasteiger partial charge on any atom is 0.227 e. The summed E-state index contributed by atoms with van der Waals surface area (Å²) in [6.07, 6.45) is 2.07. The highest BCUT2D eigenvalue weighted by molar-refractivity contribution is 7.99. The van der Waals surface area contributed by atoms with Crippen molar-refractivity contribution in [2.24, 2.45) is 0 Å². The molecule has 2 aliphatic rings. The average Bonchev–Trinajstić information content (AvgIpc) is 2.96. The van der Waals surface area contributed by atoms with Crippen LogP contribution in [0.15, 0.2) is 40.7 Å². The molecule has 0 spiro atoms. The molecule has 5 nitrogen and oxygen atoms in total. The molecule has 1 aromatic carbocycles. The van der Waals surface area contributed by atoms with Gasteiger partial charge in [0.2, 0.25) is 11.1 Å². The Morgan fingerprint density at radius 2 is 2.21 bits per heavy atom. The predicted octanol–water partition coefficient (Wildman–Crippen LogP) is 3.55. The molecule has 0 unspecified atom stereocenters. The first-order valence-electron chi connectivity index (χ1n) is 8.06. The second-order valence-electron chi connectivity index (χ2n) is 5.81. The van der Waals surface area contributed by atoms with Crippen molar-refractivity contribution in [3.63, 3.8) is 0 Å². The lowest BCUT2D eigenvalue weighted by Gasteiger charge is -2.32. The standard InChI is InChI=1S/C17H17FN4OS/c1-2-24-17-20-16-19-12-8-5-9-13(23)14(12)15(22(16)21-17)10-6-3-4-7-11(10)18/h3-4,6-7,15H,2,5,8-9H2,1H3,(H,19,20,21)/t15-/m0/s1. The summed E-state index contributed by atoms with van der Waals surface area (Å²) < 4.78 is 16.1. The monoisotopic (exact) mass is 344 g/mol. The zero-order valence-corrected chi connectivity index (χ0v) is 14.1. The first-order valence-corrected chi connectivity index (χ1v) is 9.04. The van der Waals surface area contributed by atoms with Crippen molar-refractivity contribution in [2.45, 2.75) is 37.4 Å². The SMILES string of the molecule is CCSc1nc2n(n1)[C@@H](c1ccccc1F)C1=C(CCCC1=O)N2. The number of carbonyl (C=O) groups is 1. The number of hydrogen-bond donors (Lipinski definition) is 1. The molecule has 0 saturated carbocycles. The number of aromatic nitrogens is 3. The summed E-state index contributed by atoms with van der Waals surface area (Å²) in [4.78, 5) is 17.1. The normalized spacial score (nSPS) is 19.8. The van der Waals surface area contributed by atoms with E-state index in [1.807, 2.05) is 6.92 Å². The van der Waals surface area contributed by atoms with Gasteiger partial charge in [0, 0.05) is 23.3 Å². The Labute approximate surface area is 143 Å². The molecule has 1 N–H and O–H groups in total. The van der Waals surface area contributed by atoms with Crippen LogP contribution in [0.3, 0.4) is 0 Å². The van der Waals surface area contributed by atoms with Gasteiger partial charge in [-0.2, -0.15) is 4.98 Å². The van der Waals surface area contributed by atoms with Gasteiger partial charge in [0.25, 0.3) is 0 Å². The summed E-state index contributed by atoms with van der Waals surface area (Å²) in [6, 6.07) is 6.02. The summed E-state index contributed by atoms with van der Waals surface area (Å²) in [5, 5.41) is 8.39. The van der Waals surface area contributed by atoms with Crippen molar-refractivity contribution < 1.29 is 9.18 Å². The van der Waals surface area contributed by atoms with Crippen molar-refractivity contribution >= 4 is 23.5 Å². The average molecular weight is 344 g/mol. The number of nitrogens with one attached hydrogen (secondary N) is 1. The molecule has 1 aliphatic carbocycles. The number of anilines is 1. The van der Waals surface area contributed by atoms with Crippen molar-refractivity contribution in [1.29, 1.82) is 0 Å². The Kier molecular flexibility index (Phi) is 3.88. The quantitative estimate of drug-likeness (QED) is 0.863. The fourth-order valence-corrected chi connectivity index (χ4v) is 3.87. The minimum absolute atomic E-state index is 0.0582. The smallest absolute Gasteiger partial charge is 0.227 e. The van der Waals surface area contributed by atoms with E-state index < -0.39 is 6.04 Å². The van der Waals surface area contributed by atoms with Crippen LogP contribution in [-0.2, 0) is 4.79 Å². The summed E-state index contributed by atoms with van der Waals surface area (Å²) in [7, 11) is 0. The lowest BCUT2D eigenvalue weighted by Crippen LogP contribution is -2.32. The minimum atomic E-state index is -0.552. The van der Waals surface area contributed by atoms with E-state index in [-0.39, 0.29) is 11.6 Å². The molecular weight excluding hydrogens is 327 g/mol. The molecule has 7 heteroatoms. The molecule has 1 atom stereocenters. The third-order valence-corrected chi connectivity index (χ3v) is 5.04. The molecule has 4 rings (SSSR count). The van der Waals surface area contributed by atoms with Crippen LogP contribution in [0.1, 0.15) is 37.8 Å². The number of halogens is 1. The topological polar surface area (TPSA) is 59.8 Å². The van der Waals surface area contributed by atoms with E-state index in [0.717, 1.165) is 24.3 Å². The molecule has 2 aromatic rings. The van der Waals surface area contributed by atoms with Crippen LogP contribution < -0.4 is 5.32 Å². The maximum absolute atomic E-state index is 14.5. The van der Waals surface area contributed by atoms with E-state index in [2.05, 4.69) is 15.4 Å². The van der Waals surface area contributed by atoms with Crippen molar-refractivity contribution in [1.82, 2.24) is 14.8 Å². The van der Waals surface area contributed by atoms with E-state index in [9.17, 15) is 9.18 Å². The van der Waals surface area contributed by atoms with Crippen LogP contribution >= 0.6 is 11.8 Å². The second kappa shape index (κ2) is 6.05. The van der Waals surface area contributed by atoms with Gasteiger partial charge in [-0.25, -0.2) is 9.07 Å². The van der Waals surface area contributed by atoms with Crippen LogP contribution in [0.5, 0.6) is 0 Å². The Bertz CT molecular complexity index is 845. The largest absolute Gasteiger partial charge is 0.328 e. The molecule has 0 fully saturated rings. The number of thioether (sulfide) groups is 1. The summed E-state index contributed by atoms with van der Waals surface area (Å²) >= 11 is 1.52. The van der Waals surface area contributed by atoms with Gasteiger partial charge >= 0.3 is 0 Å². The number of nitrogens with zero attached hydrogens (tertiary/aromatic N) is 3. The van der Waals surface area contributed by atoms with Gasteiger partial charge in [-0.1, -0.05) is 36.9 Å².